The Hall–Kier alpha value is -1.74. The van der Waals surface area contributed by atoms with Crippen molar-refractivity contribution in [2.45, 2.75) is 32.8 Å². The molecule has 1 aliphatic carbocycles. The van der Waals surface area contributed by atoms with Crippen LogP contribution < -0.4 is 0 Å². The Balaban J connectivity index is 2.53. The zero-order chi connectivity index (χ0) is 13.5. The van der Waals surface area contributed by atoms with E-state index in [0.717, 1.165) is 0 Å². The van der Waals surface area contributed by atoms with Crippen molar-refractivity contribution in [2.24, 2.45) is 0 Å². The molecule has 0 unspecified atom stereocenters. The zero-order valence-corrected chi connectivity index (χ0v) is 10.8. The molecule has 0 heterocycles. The van der Waals surface area contributed by atoms with Crippen LogP contribution in [-0.4, -0.2) is 22.3 Å². The molecule has 0 fully saturated rings. The van der Waals surface area contributed by atoms with Crippen LogP contribution in [0.3, 0.4) is 0 Å². The first kappa shape index (κ1) is 12.7. The van der Waals surface area contributed by atoms with Gasteiger partial charge in [0, 0.05) is 28.7 Å². The number of Topliss-reactive ketones (excluding diaryl/α,β-unsaturated/α-hetero) is 2. The summed E-state index contributed by atoms with van der Waals surface area (Å²) in [6, 6.07) is 6.82. The summed E-state index contributed by atoms with van der Waals surface area (Å²) in [7, 11) is 0. The van der Waals surface area contributed by atoms with Crippen LogP contribution in [0.2, 0.25) is 0 Å². The van der Waals surface area contributed by atoms with Crippen molar-refractivity contribution in [1.82, 2.24) is 0 Å². The largest absolute Gasteiger partial charge is 0.390 e. The van der Waals surface area contributed by atoms with Crippen LogP contribution in [0.5, 0.6) is 0 Å². The van der Waals surface area contributed by atoms with E-state index >= 15 is 0 Å². The normalized spacial score (nSPS) is 16.0. The van der Waals surface area contributed by atoms with Gasteiger partial charge < -0.3 is 5.11 Å². The van der Waals surface area contributed by atoms with Crippen LogP contribution in [-0.2, 0) is 0 Å². The Bertz CT molecular complexity index is 559. The van der Waals surface area contributed by atoms with Gasteiger partial charge in [-0.15, -0.1) is 0 Å². The highest BCUT2D eigenvalue weighted by atomic mass is 16.3. The van der Waals surface area contributed by atoms with Crippen molar-refractivity contribution in [2.75, 3.05) is 0 Å². The fourth-order valence-corrected chi connectivity index (χ4v) is 2.20. The molecule has 0 spiro atoms. The Morgan fingerprint density at radius 2 is 1.56 bits per heavy atom. The van der Waals surface area contributed by atoms with E-state index in [-0.39, 0.29) is 18.0 Å². The van der Waals surface area contributed by atoms with Gasteiger partial charge in [-0.3, -0.25) is 9.59 Å². The second-order valence-electron chi connectivity index (χ2n) is 5.30. The molecule has 3 heteroatoms. The molecule has 3 nitrogen and oxygen atoms in total. The summed E-state index contributed by atoms with van der Waals surface area (Å²) >= 11 is 0. The number of aliphatic hydroxyl groups is 1. The van der Waals surface area contributed by atoms with Crippen LogP contribution >= 0.6 is 0 Å². The van der Waals surface area contributed by atoms with Crippen LogP contribution in [0.1, 0.15) is 47.9 Å². The highest BCUT2D eigenvalue weighted by Crippen LogP contribution is 2.30. The molecule has 1 aromatic carbocycles. The van der Waals surface area contributed by atoms with Crippen molar-refractivity contribution < 1.29 is 14.7 Å². The Kier molecular flexibility index (Phi) is 2.95. The quantitative estimate of drug-likeness (QED) is 0.869. The fourth-order valence-electron chi connectivity index (χ4n) is 2.20. The topological polar surface area (TPSA) is 54.4 Å². The average Bonchev–Trinajstić information content (AvgIpc) is 2.31. The molecule has 1 aliphatic rings. The molecule has 0 radical (unpaired) electrons. The first-order chi connectivity index (χ1) is 8.31. The Labute approximate surface area is 106 Å². The molecule has 94 valence electrons. The highest BCUT2D eigenvalue weighted by Gasteiger charge is 2.32. The van der Waals surface area contributed by atoms with E-state index < -0.39 is 5.60 Å². The summed E-state index contributed by atoms with van der Waals surface area (Å²) < 4.78 is 0. The van der Waals surface area contributed by atoms with Gasteiger partial charge in [-0.05, 0) is 20.8 Å². The number of rotatable bonds is 2. The van der Waals surface area contributed by atoms with E-state index in [4.69, 9.17) is 0 Å². The van der Waals surface area contributed by atoms with E-state index in [0.29, 0.717) is 22.3 Å². The van der Waals surface area contributed by atoms with Gasteiger partial charge in [0.25, 0.3) is 0 Å². The predicted molar refractivity (Wildman–Crippen MR) is 68.7 cm³/mol. The number of allylic oxidation sites excluding steroid dienone is 1. The summed E-state index contributed by atoms with van der Waals surface area (Å²) in [5.41, 5.74) is 0.762. The minimum Gasteiger partial charge on any atom is -0.390 e. The molecule has 0 aromatic heterocycles. The number of hydrogen-bond acceptors (Lipinski definition) is 3. The molecule has 2 rings (SSSR count). The second kappa shape index (κ2) is 4.18. The van der Waals surface area contributed by atoms with Gasteiger partial charge in [0.2, 0.25) is 0 Å². The van der Waals surface area contributed by atoms with E-state index in [1.54, 1.807) is 45.0 Å². The number of hydrogen-bond donors (Lipinski definition) is 1. The number of benzene rings is 1. The third-order valence-corrected chi connectivity index (χ3v) is 3.09. The minimum atomic E-state index is -1.00. The second-order valence-corrected chi connectivity index (χ2v) is 5.30. The van der Waals surface area contributed by atoms with Gasteiger partial charge in [0.15, 0.2) is 11.6 Å². The SMILES string of the molecule is CC1=C(CC(C)(C)O)C(=O)c2ccccc2C1=O. The lowest BCUT2D eigenvalue weighted by atomic mass is 9.81. The monoisotopic (exact) mass is 244 g/mol. The van der Waals surface area contributed by atoms with Gasteiger partial charge in [-0.2, -0.15) is 0 Å². The molecule has 0 bridgehead atoms. The Morgan fingerprint density at radius 1 is 1.06 bits per heavy atom. The number of fused-ring (bicyclic) bond motifs is 1. The van der Waals surface area contributed by atoms with E-state index in [2.05, 4.69) is 0 Å². The van der Waals surface area contributed by atoms with Gasteiger partial charge in [-0.1, -0.05) is 24.3 Å². The zero-order valence-electron chi connectivity index (χ0n) is 10.8. The summed E-state index contributed by atoms with van der Waals surface area (Å²) in [5.74, 6) is -0.269. The third kappa shape index (κ3) is 2.14. The van der Waals surface area contributed by atoms with Gasteiger partial charge >= 0.3 is 0 Å². The van der Waals surface area contributed by atoms with Gasteiger partial charge in [0.1, 0.15) is 0 Å². The average molecular weight is 244 g/mol. The van der Waals surface area contributed by atoms with Crippen molar-refractivity contribution in [3.63, 3.8) is 0 Å². The summed E-state index contributed by atoms with van der Waals surface area (Å²) in [4.78, 5) is 24.5. The van der Waals surface area contributed by atoms with E-state index in [9.17, 15) is 14.7 Å². The lowest BCUT2D eigenvalue weighted by Gasteiger charge is -2.24. The van der Waals surface area contributed by atoms with E-state index in [1.807, 2.05) is 0 Å². The molecule has 1 N–H and O–H groups in total. The molecule has 0 saturated heterocycles. The smallest absolute Gasteiger partial charge is 0.190 e. The number of ketones is 2. The number of carbonyl (C=O) groups is 2. The molecule has 0 amide bonds. The molecular weight excluding hydrogens is 228 g/mol. The maximum atomic E-state index is 12.3. The summed E-state index contributed by atoms with van der Waals surface area (Å²) in [6.07, 6.45) is 0.192. The lowest BCUT2D eigenvalue weighted by molar-refractivity contribution is 0.0747. The van der Waals surface area contributed by atoms with Crippen molar-refractivity contribution in [3.05, 3.63) is 46.5 Å². The first-order valence-electron chi connectivity index (χ1n) is 5.92. The molecule has 0 saturated carbocycles. The van der Waals surface area contributed by atoms with Crippen molar-refractivity contribution in [1.29, 1.82) is 0 Å². The van der Waals surface area contributed by atoms with Crippen LogP contribution in [0, 0.1) is 0 Å². The van der Waals surface area contributed by atoms with Gasteiger partial charge in [0.05, 0.1) is 5.60 Å². The van der Waals surface area contributed by atoms with Crippen LogP contribution in [0.15, 0.2) is 35.4 Å². The third-order valence-electron chi connectivity index (χ3n) is 3.09. The van der Waals surface area contributed by atoms with Gasteiger partial charge in [-0.25, -0.2) is 0 Å². The fraction of sp³-hybridized carbons (Fsp3) is 0.333. The molecule has 0 atom stereocenters. The van der Waals surface area contributed by atoms with Crippen molar-refractivity contribution in [3.8, 4) is 0 Å². The number of carbonyl (C=O) groups excluding carboxylic acids is 2. The molecular formula is C15H16O3. The maximum absolute atomic E-state index is 12.3. The standard InChI is InChI=1S/C15H16O3/c1-9-12(8-15(2,3)18)14(17)11-7-5-4-6-10(11)13(9)16/h4-7,18H,8H2,1-3H3. The van der Waals surface area contributed by atoms with Crippen molar-refractivity contribution >= 4 is 11.6 Å². The first-order valence-corrected chi connectivity index (χ1v) is 5.92. The predicted octanol–water partition coefficient (Wildman–Crippen LogP) is 2.54. The Morgan fingerprint density at radius 3 is 2.06 bits per heavy atom. The molecule has 1 aromatic rings. The molecule has 18 heavy (non-hydrogen) atoms. The highest BCUT2D eigenvalue weighted by molar-refractivity contribution is 6.26. The van der Waals surface area contributed by atoms with Crippen LogP contribution in [0.25, 0.3) is 0 Å². The lowest BCUT2D eigenvalue weighted by Crippen LogP contribution is -2.27. The molecule has 0 aliphatic heterocycles. The summed E-state index contributed by atoms with van der Waals surface area (Å²) in [5, 5.41) is 9.84. The maximum Gasteiger partial charge on any atom is 0.190 e. The summed E-state index contributed by atoms with van der Waals surface area (Å²) in [6.45, 7) is 4.91. The van der Waals surface area contributed by atoms with E-state index in [1.165, 1.54) is 0 Å². The minimum absolute atomic E-state index is 0.121. The van der Waals surface area contributed by atoms with Crippen LogP contribution in [0.4, 0.5) is 0 Å².